The molecule has 0 aliphatic rings. The van der Waals surface area contributed by atoms with Gasteiger partial charge in [0.2, 0.25) is 0 Å². The predicted molar refractivity (Wildman–Crippen MR) is 72.4 cm³/mol. The highest BCUT2D eigenvalue weighted by Crippen LogP contribution is 2.25. The summed E-state index contributed by atoms with van der Waals surface area (Å²) >= 11 is 1.79. The van der Waals surface area contributed by atoms with Gasteiger partial charge in [0.1, 0.15) is 0 Å². The zero-order valence-electron chi connectivity index (χ0n) is 11.2. The number of hydrogen-bond acceptors (Lipinski definition) is 4. The molecule has 0 unspecified atom stereocenters. The summed E-state index contributed by atoms with van der Waals surface area (Å²) in [6.45, 7) is 9.64. The normalized spacial score (nSPS) is 11.9. The maximum absolute atomic E-state index is 4.63. The van der Waals surface area contributed by atoms with Crippen LogP contribution in [0.5, 0.6) is 0 Å². The molecule has 1 N–H and O–H groups in total. The van der Waals surface area contributed by atoms with Crippen LogP contribution in [-0.4, -0.2) is 24.6 Å². The Morgan fingerprint density at radius 2 is 1.94 bits per heavy atom. The summed E-state index contributed by atoms with van der Waals surface area (Å²) in [6.07, 6.45) is 1.01. The number of aromatic nitrogens is 1. The molecule has 0 fully saturated rings. The van der Waals surface area contributed by atoms with E-state index >= 15 is 0 Å². The van der Waals surface area contributed by atoms with Crippen molar-refractivity contribution in [3.63, 3.8) is 0 Å². The van der Waals surface area contributed by atoms with Crippen LogP contribution in [0, 0.1) is 0 Å². The van der Waals surface area contributed by atoms with Crippen LogP contribution in [0.1, 0.15) is 38.3 Å². The zero-order chi connectivity index (χ0) is 12.3. The molecule has 0 aliphatic heterocycles. The van der Waals surface area contributed by atoms with Crippen LogP contribution in [-0.2, 0) is 13.0 Å². The SMILES string of the molecule is CCc1nc(N(C)C)sc1CNC(C)(C)C. The van der Waals surface area contributed by atoms with Crippen molar-refractivity contribution >= 4 is 16.5 Å². The number of aryl methyl sites for hydroxylation is 1. The Labute approximate surface area is 103 Å². The van der Waals surface area contributed by atoms with E-state index in [2.05, 4.69) is 42.9 Å². The first-order valence-electron chi connectivity index (χ1n) is 5.74. The fraction of sp³-hybridized carbons (Fsp3) is 0.750. The first-order valence-corrected chi connectivity index (χ1v) is 6.56. The van der Waals surface area contributed by atoms with E-state index in [1.54, 1.807) is 11.3 Å². The van der Waals surface area contributed by atoms with Gasteiger partial charge in [0.05, 0.1) is 5.69 Å². The highest BCUT2D eigenvalue weighted by atomic mass is 32.1. The molecule has 1 rings (SSSR count). The third kappa shape index (κ3) is 3.76. The fourth-order valence-corrected chi connectivity index (χ4v) is 2.33. The predicted octanol–water partition coefficient (Wildman–Crippen LogP) is 2.66. The summed E-state index contributed by atoms with van der Waals surface area (Å²) in [6, 6.07) is 0. The van der Waals surface area contributed by atoms with E-state index in [-0.39, 0.29) is 5.54 Å². The smallest absolute Gasteiger partial charge is 0.185 e. The van der Waals surface area contributed by atoms with E-state index in [0.717, 1.165) is 18.1 Å². The Kier molecular flexibility index (Phi) is 4.33. The highest BCUT2D eigenvalue weighted by Gasteiger charge is 2.14. The molecule has 0 bridgehead atoms. The van der Waals surface area contributed by atoms with Gasteiger partial charge in [-0.15, -0.1) is 11.3 Å². The average molecular weight is 241 g/mol. The lowest BCUT2D eigenvalue weighted by atomic mass is 10.1. The van der Waals surface area contributed by atoms with Gasteiger partial charge in [-0.05, 0) is 27.2 Å². The molecule has 0 spiro atoms. The highest BCUT2D eigenvalue weighted by molar-refractivity contribution is 7.15. The van der Waals surface area contributed by atoms with Crippen molar-refractivity contribution in [2.45, 2.75) is 46.2 Å². The Bertz CT molecular complexity index is 337. The molecular formula is C12H23N3S. The van der Waals surface area contributed by atoms with Crippen LogP contribution < -0.4 is 10.2 Å². The zero-order valence-corrected chi connectivity index (χ0v) is 12.0. The van der Waals surface area contributed by atoms with Gasteiger partial charge in [-0.2, -0.15) is 0 Å². The Morgan fingerprint density at radius 1 is 1.31 bits per heavy atom. The van der Waals surface area contributed by atoms with Crippen molar-refractivity contribution in [1.29, 1.82) is 0 Å². The average Bonchev–Trinajstić information content (AvgIpc) is 2.56. The number of thiazole rings is 1. The lowest BCUT2D eigenvalue weighted by Gasteiger charge is -2.20. The third-order valence-electron chi connectivity index (χ3n) is 2.26. The van der Waals surface area contributed by atoms with Gasteiger partial charge in [-0.25, -0.2) is 4.98 Å². The van der Waals surface area contributed by atoms with Crippen LogP contribution in [0.25, 0.3) is 0 Å². The minimum atomic E-state index is 0.160. The van der Waals surface area contributed by atoms with Crippen molar-refractivity contribution in [2.24, 2.45) is 0 Å². The number of nitrogens with zero attached hydrogens (tertiary/aromatic N) is 2. The van der Waals surface area contributed by atoms with Gasteiger partial charge < -0.3 is 10.2 Å². The van der Waals surface area contributed by atoms with Gasteiger partial charge in [-0.1, -0.05) is 6.92 Å². The van der Waals surface area contributed by atoms with E-state index in [0.29, 0.717) is 0 Å². The minimum absolute atomic E-state index is 0.160. The van der Waals surface area contributed by atoms with Gasteiger partial charge in [0, 0.05) is 31.1 Å². The molecule has 92 valence electrons. The van der Waals surface area contributed by atoms with E-state index in [1.807, 2.05) is 14.1 Å². The van der Waals surface area contributed by atoms with Crippen molar-refractivity contribution in [3.05, 3.63) is 10.6 Å². The number of anilines is 1. The third-order valence-corrected chi connectivity index (χ3v) is 3.53. The molecule has 0 atom stereocenters. The van der Waals surface area contributed by atoms with Crippen LogP contribution in [0.2, 0.25) is 0 Å². The number of hydrogen-bond donors (Lipinski definition) is 1. The summed E-state index contributed by atoms with van der Waals surface area (Å²) in [5, 5.41) is 4.62. The molecule has 0 aromatic carbocycles. The maximum Gasteiger partial charge on any atom is 0.185 e. The fourth-order valence-electron chi connectivity index (χ4n) is 1.32. The molecule has 4 heteroatoms. The topological polar surface area (TPSA) is 28.2 Å². The van der Waals surface area contributed by atoms with Crippen LogP contribution in [0.15, 0.2) is 0 Å². The maximum atomic E-state index is 4.63. The minimum Gasteiger partial charge on any atom is -0.354 e. The molecule has 1 heterocycles. The Morgan fingerprint density at radius 3 is 2.38 bits per heavy atom. The summed E-state index contributed by atoms with van der Waals surface area (Å²) in [5.74, 6) is 0. The van der Waals surface area contributed by atoms with E-state index in [1.165, 1.54) is 10.6 Å². The quantitative estimate of drug-likeness (QED) is 0.878. The summed E-state index contributed by atoms with van der Waals surface area (Å²) < 4.78 is 0. The Balaban J connectivity index is 2.78. The second kappa shape index (κ2) is 5.15. The van der Waals surface area contributed by atoms with E-state index in [9.17, 15) is 0 Å². The standard InChI is InChI=1S/C12H23N3S/c1-7-9-10(8-13-12(2,3)4)16-11(14-9)15(5)6/h13H,7-8H2,1-6H3. The molecule has 16 heavy (non-hydrogen) atoms. The van der Waals surface area contributed by atoms with Gasteiger partial charge in [0.15, 0.2) is 5.13 Å². The van der Waals surface area contributed by atoms with Gasteiger partial charge in [0.25, 0.3) is 0 Å². The van der Waals surface area contributed by atoms with Crippen molar-refractivity contribution in [2.75, 3.05) is 19.0 Å². The van der Waals surface area contributed by atoms with Gasteiger partial charge in [-0.3, -0.25) is 0 Å². The second-order valence-corrected chi connectivity index (χ2v) is 6.28. The molecule has 3 nitrogen and oxygen atoms in total. The monoisotopic (exact) mass is 241 g/mol. The van der Waals surface area contributed by atoms with Crippen LogP contribution in [0.3, 0.4) is 0 Å². The first kappa shape index (κ1) is 13.5. The van der Waals surface area contributed by atoms with Gasteiger partial charge >= 0.3 is 0 Å². The summed E-state index contributed by atoms with van der Waals surface area (Å²) in [4.78, 5) is 8.07. The molecule has 0 saturated heterocycles. The Hall–Kier alpha value is -0.610. The molecule has 0 amide bonds. The van der Waals surface area contributed by atoms with Crippen molar-refractivity contribution in [3.8, 4) is 0 Å². The number of rotatable bonds is 4. The van der Waals surface area contributed by atoms with E-state index < -0.39 is 0 Å². The van der Waals surface area contributed by atoms with Crippen molar-refractivity contribution < 1.29 is 0 Å². The molecule has 1 aromatic rings. The first-order chi connectivity index (χ1) is 7.33. The molecule has 0 saturated carbocycles. The second-order valence-electron chi connectivity index (χ2n) is 5.22. The summed E-state index contributed by atoms with van der Waals surface area (Å²) in [5.41, 5.74) is 1.39. The molecule has 0 aliphatic carbocycles. The number of nitrogens with one attached hydrogen (secondary N) is 1. The molecular weight excluding hydrogens is 218 g/mol. The lowest BCUT2D eigenvalue weighted by molar-refractivity contribution is 0.425. The van der Waals surface area contributed by atoms with E-state index in [4.69, 9.17) is 0 Å². The lowest BCUT2D eigenvalue weighted by Crippen LogP contribution is -2.35. The molecule has 1 aromatic heterocycles. The van der Waals surface area contributed by atoms with Crippen LogP contribution in [0.4, 0.5) is 5.13 Å². The molecule has 0 radical (unpaired) electrons. The largest absolute Gasteiger partial charge is 0.354 e. The van der Waals surface area contributed by atoms with Crippen molar-refractivity contribution in [1.82, 2.24) is 10.3 Å². The van der Waals surface area contributed by atoms with Crippen LogP contribution >= 0.6 is 11.3 Å². The summed E-state index contributed by atoms with van der Waals surface area (Å²) in [7, 11) is 4.08.